The molecule has 0 amide bonds. The molecule has 6 heteroatoms. The molecule has 0 aromatic heterocycles. The van der Waals surface area contributed by atoms with Gasteiger partial charge in [-0.05, 0) is 26.2 Å². The van der Waals surface area contributed by atoms with Crippen molar-refractivity contribution in [3.05, 3.63) is 12.3 Å². The summed E-state index contributed by atoms with van der Waals surface area (Å²) >= 11 is 0. The maximum atomic E-state index is 13.8. The van der Waals surface area contributed by atoms with Crippen LogP contribution in [0.4, 0.5) is 17.6 Å². The van der Waals surface area contributed by atoms with Crippen LogP contribution in [0.2, 0.25) is 0 Å². The maximum Gasteiger partial charge on any atom is 0.289 e. The lowest BCUT2D eigenvalue weighted by Gasteiger charge is -2.34. The standard InChI is InChI=1S/C12H18F4N2/c1-7(2)18-9(4)12(15,16)6-8(3)5-10(17-18)11(13)14/h7-8,11H,4-6H2,1-3H3/b17-10+/t8-/m0/s1. The molecule has 1 aliphatic rings. The minimum absolute atomic E-state index is 0.121. The number of nitrogens with zero attached hydrogens (tertiary/aromatic N) is 2. The highest BCUT2D eigenvalue weighted by molar-refractivity contribution is 5.87. The molecule has 1 heterocycles. The molecule has 0 fully saturated rings. The van der Waals surface area contributed by atoms with Gasteiger partial charge in [0, 0.05) is 12.5 Å². The summed E-state index contributed by atoms with van der Waals surface area (Å²) in [5.41, 5.74) is -0.866. The van der Waals surface area contributed by atoms with Gasteiger partial charge in [0.15, 0.2) is 0 Å². The van der Waals surface area contributed by atoms with Crippen LogP contribution in [0.5, 0.6) is 0 Å². The van der Waals surface area contributed by atoms with Crippen molar-refractivity contribution < 1.29 is 17.6 Å². The van der Waals surface area contributed by atoms with Gasteiger partial charge in [0.25, 0.3) is 12.3 Å². The van der Waals surface area contributed by atoms with E-state index in [1.807, 2.05) is 0 Å². The Bertz CT molecular complexity index is 350. The van der Waals surface area contributed by atoms with E-state index in [0.717, 1.165) is 5.01 Å². The summed E-state index contributed by atoms with van der Waals surface area (Å²) in [4.78, 5) is 0. The van der Waals surface area contributed by atoms with E-state index in [9.17, 15) is 17.6 Å². The Morgan fingerprint density at radius 2 is 1.94 bits per heavy atom. The third-order valence-electron chi connectivity index (χ3n) is 2.84. The van der Waals surface area contributed by atoms with Crippen LogP contribution in [-0.4, -0.2) is 29.1 Å². The van der Waals surface area contributed by atoms with Crippen LogP contribution in [0.3, 0.4) is 0 Å². The molecule has 1 aliphatic heterocycles. The van der Waals surface area contributed by atoms with Crippen LogP contribution in [0.15, 0.2) is 17.4 Å². The van der Waals surface area contributed by atoms with Gasteiger partial charge in [-0.1, -0.05) is 13.5 Å². The van der Waals surface area contributed by atoms with Crippen molar-refractivity contribution >= 4 is 5.71 Å². The Morgan fingerprint density at radius 1 is 1.39 bits per heavy atom. The van der Waals surface area contributed by atoms with Gasteiger partial charge in [-0.2, -0.15) is 13.9 Å². The second-order valence-corrected chi connectivity index (χ2v) is 4.99. The molecule has 0 aliphatic carbocycles. The van der Waals surface area contributed by atoms with Crippen LogP contribution >= 0.6 is 0 Å². The molecule has 0 spiro atoms. The van der Waals surface area contributed by atoms with E-state index in [1.54, 1.807) is 13.8 Å². The van der Waals surface area contributed by atoms with Gasteiger partial charge >= 0.3 is 0 Å². The smallest absolute Gasteiger partial charge is 0.262 e. The van der Waals surface area contributed by atoms with Gasteiger partial charge < -0.3 is 0 Å². The number of hydrogen-bond acceptors (Lipinski definition) is 2. The predicted molar refractivity (Wildman–Crippen MR) is 62.9 cm³/mol. The number of alkyl halides is 4. The fourth-order valence-electron chi connectivity index (χ4n) is 1.95. The molecule has 0 N–H and O–H groups in total. The lowest BCUT2D eigenvalue weighted by molar-refractivity contribution is -0.0167. The summed E-state index contributed by atoms with van der Waals surface area (Å²) in [7, 11) is 0. The molecule has 1 atom stereocenters. The first-order valence-corrected chi connectivity index (χ1v) is 5.87. The number of rotatable bonds is 2. The molecule has 1 rings (SSSR count). The van der Waals surface area contributed by atoms with E-state index in [-0.39, 0.29) is 12.1 Å². The first-order valence-electron chi connectivity index (χ1n) is 5.87. The lowest BCUT2D eigenvalue weighted by atomic mass is 9.94. The third kappa shape index (κ3) is 3.23. The zero-order valence-electron chi connectivity index (χ0n) is 10.8. The van der Waals surface area contributed by atoms with Gasteiger partial charge in [-0.25, -0.2) is 8.78 Å². The zero-order chi connectivity index (χ0) is 14.1. The topological polar surface area (TPSA) is 15.6 Å². The monoisotopic (exact) mass is 266 g/mol. The van der Waals surface area contributed by atoms with Crippen LogP contribution in [0.25, 0.3) is 0 Å². The third-order valence-corrected chi connectivity index (χ3v) is 2.84. The van der Waals surface area contributed by atoms with Gasteiger partial charge in [-0.3, -0.25) is 5.01 Å². The van der Waals surface area contributed by atoms with Crippen molar-refractivity contribution in [2.75, 3.05) is 0 Å². The minimum Gasteiger partial charge on any atom is -0.262 e. The zero-order valence-corrected chi connectivity index (χ0v) is 10.8. The quantitative estimate of drug-likeness (QED) is 0.692. The van der Waals surface area contributed by atoms with Crippen molar-refractivity contribution in [1.29, 1.82) is 0 Å². The second kappa shape index (κ2) is 5.28. The molecule has 2 nitrogen and oxygen atoms in total. The summed E-state index contributed by atoms with van der Waals surface area (Å²) in [6.07, 6.45) is -3.34. The molecule has 0 radical (unpaired) electrons. The number of allylic oxidation sites excluding steroid dienone is 1. The van der Waals surface area contributed by atoms with Crippen LogP contribution < -0.4 is 0 Å². The largest absolute Gasteiger partial charge is 0.289 e. The molecule has 104 valence electrons. The summed E-state index contributed by atoms with van der Waals surface area (Å²) in [5, 5.41) is 4.59. The van der Waals surface area contributed by atoms with Gasteiger partial charge in [0.1, 0.15) is 5.71 Å². The van der Waals surface area contributed by atoms with Gasteiger partial charge in [0.2, 0.25) is 0 Å². The predicted octanol–water partition coefficient (Wildman–Crippen LogP) is 3.90. The molecule has 0 aromatic carbocycles. The minimum atomic E-state index is -3.11. The Kier molecular flexibility index (Phi) is 4.40. The van der Waals surface area contributed by atoms with Crippen LogP contribution in [-0.2, 0) is 0 Å². The first kappa shape index (κ1) is 15.0. The Morgan fingerprint density at radius 3 is 2.39 bits per heavy atom. The van der Waals surface area contributed by atoms with E-state index in [2.05, 4.69) is 11.7 Å². The van der Waals surface area contributed by atoms with E-state index in [1.165, 1.54) is 6.92 Å². The van der Waals surface area contributed by atoms with Crippen LogP contribution in [0.1, 0.15) is 33.6 Å². The normalized spacial score (nSPS) is 28.1. The Balaban J connectivity index is 3.18. The van der Waals surface area contributed by atoms with Crippen molar-refractivity contribution in [3.8, 4) is 0 Å². The van der Waals surface area contributed by atoms with Crippen molar-refractivity contribution in [2.24, 2.45) is 11.0 Å². The second-order valence-electron chi connectivity index (χ2n) is 4.99. The highest BCUT2D eigenvalue weighted by Gasteiger charge is 2.41. The average Bonchev–Trinajstić information content (AvgIpc) is 2.20. The summed E-state index contributed by atoms with van der Waals surface area (Å²) in [6.45, 7) is 8.06. The van der Waals surface area contributed by atoms with E-state index in [0.29, 0.717) is 0 Å². The molecule has 0 saturated carbocycles. The van der Waals surface area contributed by atoms with Crippen molar-refractivity contribution in [1.82, 2.24) is 5.01 Å². The summed E-state index contributed by atoms with van der Waals surface area (Å²) in [6, 6.07) is -0.439. The van der Waals surface area contributed by atoms with E-state index >= 15 is 0 Å². The molecule has 0 unspecified atom stereocenters. The first-order chi connectivity index (χ1) is 8.15. The highest BCUT2D eigenvalue weighted by Crippen LogP contribution is 2.36. The molecule has 0 bridgehead atoms. The maximum absolute atomic E-state index is 13.8. The number of hydrazone groups is 1. The molecule has 0 aromatic rings. The summed E-state index contributed by atoms with van der Waals surface area (Å²) < 4.78 is 53.2. The fraction of sp³-hybridized carbons (Fsp3) is 0.750. The SMILES string of the molecule is C=C1N(C(C)C)/N=C(/C(F)F)C[C@H](C)CC1(F)F. The fourth-order valence-corrected chi connectivity index (χ4v) is 1.95. The average molecular weight is 266 g/mol. The number of hydrogen-bond donors (Lipinski definition) is 0. The molecule has 18 heavy (non-hydrogen) atoms. The molecule has 0 saturated heterocycles. The lowest BCUT2D eigenvalue weighted by Crippen LogP contribution is -2.39. The van der Waals surface area contributed by atoms with E-state index in [4.69, 9.17) is 0 Å². The molecular weight excluding hydrogens is 248 g/mol. The van der Waals surface area contributed by atoms with Crippen molar-refractivity contribution in [2.45, 2.75) is 52.0 Å². The van der Waals surface area contributed by atoms with E-state index < -0.39 is 36.4 Å². The van der Waals surface area contributed by atoms with Crippen LogP contribution in [0, 0.1) is 5.92 Å². The van der Waals surface area contributed by atoms with Gasteiger partial charge in [-0.15, -0.1) is 0 Å². The summed E-state index contributed by atoms with van der Waals surface area (Å²) in [5.74, 6) is -3.67. The number of halogens is 4. The molecular formula is C12H18F4N2. The Labute approximate surface area is 104 Å². The Hall–Kier alpha value is -1.07. The highest BCUT2D eigenvalue weighted by atomic mass is 19.3. The van der Waals surface area contributed by atoms with Gasteiger partial charge in [0.05, 0.1) is 5.70 Å². The van der Waals surface area contributed by atoms with Crippen molar-refractivity contribution in [3.63, 3.8) is 0 Å².